The highest BCUT2D eigenvalue weighted by atomic mass is 35.5. The molecule has 1 aliphatic heterocycles. The van der Waals surface area contributed by atoms with Gasteiger partial charge in [0.15, 0.2) is 11.5 Å². The summed E-state index contributed by atoms with van der Waals surface area (Å²) < 4.78 is 38.2. The van der Waals surface area contributed by atoms with Gasteiger partial charge in [-0.1, -0.05) is 23.7 Å². The summed E-state index contributed by atoms with van der Waals surface area (Å²) >= 11 is 5.98. The summed E-state index contributed by atoms with van der Waals surface area (Å²) in [5, 5.41) is 3.26. The van der Waals surface area contributed by atoms with Crippen molar-refractivity contribution in [3.63, 3.8) is 0 Å². The zero-order valence-corrected chi connectivity index (χ0v) is 21.6. The van der Waals surface area contributed by atoms with Crippen molar-refractivity contribution in [1.82, 2.24) is 10.2 Å². The first-order chi connectivity index (χ1) is 16.7. The Morgan fingerprint density at radius 2 is 1.71 bits per heavy atom. The lowest BCUT2D eigenvalue weighted by molar-refractivity contribution is -0.139. The minimum atomic E-state index is -3.83. The molecule has 0 saturated carbocycles. The number of amides is 2. The molecule has 35 heavy (non-hydrogen) atoms. The van der Waals surface area contributed by atoms with Gasteiger partial charge in [0.25, 0.3) is 0 Å². The maximum absolute atomic E-state index is 13.6. The number of anilines is 1. The van der Waals surface area contributed by atoms with Gasteiger partial charge < -0.3 is 19.7 Å². The Balaban J connectivity index is 1.94. The van der Waals surface area contributed by atoms with Crippen LogP contribution in [0.2, 0.25) is 5.02 Å². The zero-order valence-electron chi connectivity index (χ0n) is 20.0. The Morgan fingerprint density at radius 3 is 2.34 bits per heavy atom. The van der Waals surface area contributed by atoms with Crippen molar-refractivity contribution in [2.24, 2.45) is 0 Å². The molecule has 2 aromatic carbocycles. The third-order valence-electron chi connectivity index (χ3n) is 5.58. The van der Waals surface area contributed by atoms with Crippen molar-refractivity contribution in [3.05, 3.63) is 53.1 Å². The van der Waals surface area contributed by atoms with E-state index in [9.17, 15) is 18.0 Å². The number of carbonyl (C=O) groups is 2. The third-order valence-corrected chi connectivity index (χ3v) is 7.57. The summed E-state index contributed by atoms with van der Waals surface area (Å²) in [6, 6.07) is 10.8. The molecule has 2 aromatic rings. The summed E-state index contributed by atoms with van der Waals surface area (Å²) in [5.74, 6) is -0.150. The number of nitrogens with zero attached hydrogens (tertiary/aromatic N) is 2. The molecule has 0 bridgehead atoms. The summed E-state index contributed by atoms with van der Waals surface area (Å²) in [5.41, 5.74) is 1.03. The van der Waals surface area contributed by atoms with Gasteiger partial charge in [0.05, 0.1) is 11.4 Å². The molecule has 1 aliphatic rings. The molecule has 0 aromatic heterocycles. The highest BCUT2D eigenvalue weighted by Gasteiger charge is 2.31. The van der Waals surface area contributed by atoms with E-state index < -0.39 is 28.5 Å². The molecule has 0 unspecified atom stereocenters. The van der Waals surface area contributed by atoms with Gasteiger partial charge in [0.2, 0.25) is 21.8 Å². The van der Waals surface area contributed by atoms with Crippen molar-refractivity contribution in [2.75, 3.05) is 36.4 Å². The normalized spacial score (nSPS) is 13.6. The number of hydrogen-bond donors (Lipinski definition) is 1. The van der Waals surface area contributed by atoms with Crippen LogP contribution in [0.15, 0.2) is 42.5 Å². The number of ether oxygens (including phenoxy) is 2. The Kier molecular flexibility index (Phi) is 8.85. The van der Waals surface area contributed by atoms with Crippen molar-refractivity contribution >= 4 is 39.1 Å². The van der Waals surface area contributed by atoms with Gasteiger partial charge in [-0.2, -0.15) is 0 Å². The molecule has 0 spiro atoms. The van der Waals surface area contributed by atoms with E-state index in [1.807, 2.05) is 0 Å². The molecule has 0 radical (unpaired) electrons. The lowest BCUT2D eigenvalue weighted by atomic mass is 10.1. The smallest absolute Gasteiger partial charge is 0.244 e. The van der Waals surface area contributed by atoms with Crippen LogP contribution in [-0.2, 0) is 26.2 Å². The van der Waals surface area contributed by atoms with E-state index in [1.54, 1.807) is 56.3 Å². The molecule has 0 fully saturated rings. The summed E-state index contributed by atoms with van der Waals surface area (Å²) in [4.78, 5) is 27.5. The van der Waals surface area contributed by atoms with Gasteiger partial charge in [0.1, 0.15) is 25.8 Å². The van der Waals surface area contributed by atoms with Crippen LogP contribution in [0.5, 0.6) is 11.5 Å². The second-order valence-corrected chi connectivity index (χ2v) is 10.6. The first-order valence-electron chi connectivity index (χ1n) is 11.4. The predicted octanol–water partition coefficient (Wildman–Crippen LogP) is 2.82. The molecule has 1 atom stereocenters. The largest absolute Gasteiger partial charge is 0.486 e. The number of sulfonamides is 1. The molecule has 1 N–H and O–H groups in total. The van der Waals surface area contributed by atoms with Gasteiger partial charge >= 0.3 is 0 Å². The number of hydrogen-bond acceptors (Lipinski definition) is 6. The minimum Gasteiger partial charge on any atom is -0.486 e. The molecule has 3 rings (SSSR count). The van der Waals surface area contributed by atoms with Crippen LogP contribution in [0.3, 0.4) is 0 Å². The van der Waals surface area contributed by atoms with Crippen LogP contribution in [0.25, 0.3) is 0 Å². The number of rotatable bonds is 10. The molecule has 1 heterocycles. The van der Waals surface area contributed by atoms with E-state index in [0.717, 1.165) is 9.87 Å². The summed E-state index contributed by atoms with van der Waals surface area (Å²) in [7, 11) is -3.83. The fourth-order valence-electron chi connectivity index (χ4n) is 3.60. The van der Waals surface area contributed by atoms with Crippen LogP contribution in [0, 0.1) is 0 Å². The van der Waals surface area contributed by atoms with E-state index in [4.69, 9.17) is 21.1 Å². The number of nitrogens with one attached hydrogen (secondary N) is 1. The number of likely N-dealkylation sites (N-methyl/N-ethyl adjacent to an activating group) is 1. The molecule has 9 nitrogen and oxygen atoms in total. The first-order valence-corrected chi connectivity index (χ1v) is 13.4. The van der Waals surface area contributed by atoms with E-state index in [1.165, 1.54) is 11.8 Å². The van der Waals surface area contributed by atoms with Crippen molar-refractivity contribution in [2.45, 2.75) is 33.4 Å². The molecular formula is C24H30ClN3O6S. The van der Waals surface area contributed by atoms with Crippen molar-refractivity contribution in [1.29, 1.82) is 0 Å². The highest BCUT2D eigenvalue weighted by molar-refractivity contribution is 7.92. The predicted molar refractivity (Wildman–Crippen MR) is 134 cm³/mol. The Bertz CT molecular complexity index is 1160. The van der Waals surface area contributed by atoms with Gasteiger partial charge in [-0.05, 0) is 50.6 Å². The first kappa shape index (κ1) is 26.6. The van der Waals surface area contributed by atoms with E-state index >= 15 is 0 Å². The second-order valence-electron chi connectivity index (χ2n) is 7.95. The average Bonchev–Trinajstić information content (AvgIpc) is 2.86. The number of benzene rings is 2. The SMILES string of the molecule is CCNC(=O)[C@@H](C)N(Cc1ccc(Cl)cc1)C(=O)CN(c1ccc2c(c1)OCCO2)S(=O)(=O)CC. The van der Waals surface area contributed by atoms with Crippen LogP contribution in [0.1, 0.15) is 26.3 Å². The monoisotopic (exact) mass is 523 g/mol. The Hall–Kier alpha value is -2.98. The molecule has 2 amide bonds. The molecular weight excluding hydrogens is 494 g/mol. The Labute approximate surface area is 211 Å². The highest BCUT2D eigenvalue weighted by Crippen LogP contribution is 2.35. The topological polar surface area (TPSA) is 105 Å². The van der Waals surface area contributed by atoms with Crippen LogP contribution in [-0.4, -0.2) is 63.2 Å². The van der Waals surface area contributed by atoms with Crippen LogP contribution >= 0.6 is 11.6 Å². The van der Waals surface area contributed by atoms with E-state index in [2.05, 4.69) is 5.32 Å². The maximum atomic E-state index is 13.6. The summed E-state index contributed by atoms with van der Waals surface area (Å²) in [6.07, 6.45) is 0. The maximum Gasteiger partial charge on any atom is 0.244 e. The van der Waals surface area contributed by atoms with Crippen LogP contribution in [0.4, 0.5) is 5.69 Å². The molecule has 190 valence electrons. The zero-order chi connectivity index (χ0) is 25.6. The minimum absolute atomic E-state index is 0.107. The van der Waals surface area contributed by atoms with Gasteiger partial charge in [-0.25, -0.2) is 8.42 Å². The fraction of sp³-hybridized carbons (Fsp3) is 0.417. The van der Waals surface area contributed by atoms with E-state index in [-0.39, 0.29) is 23.9 Å². The average molecular weight is 524 g/mol. The number of carbonyl (C=O) groups excluding carboxylic acids is 2. The van der Waals surface area contributed by atoms with Gasteiger partial charge in [-0.3, -0.25) is 13.9 Å². The molecule has 0 saturated heterocycles. The molecule has 11 heteroatoms. The van der Waals surface area contributed by atoms with E-state index in [0.29, 0.717) is 36.3 Å². The van der Waals surface area contributed by atoms with Crippen molar-refractivity contribution < 1.29 is 27.5 Å². The lowest BCUT2D eigenvalue weighted by Crippen LogP contribution is -2.51. The quantitative estimate of drug-likeness (QED) is 0.513. The number of fused-ring (bicyclic) bond motifs is 1. The summed E-state index contributed by atoms with van der Waals surface area (Å²) in [6.45, 7) is 5.68. The fourth-order valence-corrected chi connectivity index (χ4v) is 4.78. The third kappa shape index (κ3) is 6.58. The van der Waals surface area contributed by atoms with Gasteiger partial charge in [0, 0.05) is 24.2 Å². The van der Waals surface area contributed by atoms with Crippen molar-refractivity contribution in [3.8, 4) is 11.5 Å². The van der Waals surface area contributed by atoms with Gasteiger partial charge in [-0.15, -0.1) is 0 Å². The Morgan fingerprint density at radius 1 is 1.06 bits per heavy atom. The lowest BCUT2D eigenvalue weighted by Gasteiger charge is -2.32. The number of halogens is 1. The molecule has 0 aliphatic carbocycles. The standard InChI is InChI=1S/C24H30ClN3O6S/c1-4-26-24(30)17(3)27(15-18-6-8-19(25)9-7-18)23(29)16-28(35(31,32)5-2)20-10-11-21-22(14-20)34-13-12-33-21/h6-11,14,17H,4-5,12-13,15-16H2,1-3H3,(H,26,30)/t17-/m1/s1. The second kappa shape index (κ2) is 11.6. The van der Waals surface area contributed by atoms with Crippen LogP contribution < -0.4 is 19.1 Å².